The van der Waals surface area contributed by atoms with Crippen molar-refractivity contribution in [2.24, 2.45) is 4.99 Å². The molecule has 1 atom stereocenters. The minimum atomic E-state index is -2.72. The van der Waals surface area contributed by atoms with E-state index >= 15 is 0 Å². The fourth-order valence-electron chi connectivity index (χ4n) is 3.46. The largest absolute Gasteiger partial charge is 0.469 e. The fraction of sp³-hybridized carbons (Fsp3) is 0.238. The molecule has 9 heteroatoms. The zero-order valence-corrected chi connectivity index (χ0v) is 17.5. The minimum absolute atomic E-state index is 0.0804. The first-order chi connectivity index (χ1) is 14.5. The maximum atomic E-state index is 13.8. The van der Waals surface area contributed by atoms with Crippen molar-refractivity contribution in [3.05, 3.63) is 76.0 Å². The third kappa shape index (κ3) is 3.77. The molecule has 30 heavy (non-hydrogen) atoms. The van der Waals surface area contributed by atoms with Gasteiger partial charge in [0.05, 0.1) is 30.4 Å². The average molecular weight is 475 g/mol. The second kappa shape index (κ2) is 8.43. The Balaban J connectivity index is 1.96. The van der Waals surface area contributed by atoms with Gasteiger partial charge in [-0.1, -0.05) is 22.0 Å². The van der Waals surface area contributed by atoms with Gasteiger partial charge in [0.2, 0.25) is 0 Å². The van der Waals surface area contributed by atoms with Crippen molar-refractivity contribution >= 4 is 27.6 Å². The Hall–Kier alpha value is -2.94. The number of methoxy groups -OCH3 is 1. The molecule has 1 unspecified atom stereocenters. The van der Waals surface area contributed by atoms with E-state index in [1.807, 2.05) is 18.2 Å². The minimum Gasteiger partial charge on any atom is -0.469 e. The second-order valence-corrected chi connectivity index (χ2v) is 7.58. The Labute approximate surface area is 179 Å². The van der Waals surface area contributed by atoms with Gasteiger partial charge in [-0.25, -0.2) is 13.8 Å². The Kier molecular flexibility index (Phi) is 5.72. The molecule has 0 saturated heterocycles. The van der Waals surface area contributed by atoms with E-state index in [9.17, 15) is 13.6 Å². The highest BCUT2D eigenvalue weighted by molar-refractivity contribution is 9.10. The highest BCUT2D eigenvalue weighted by Crippen LogP contribution is 2.36. The molecule has 1 aliphatic rings. The molecule has 0 radical (unpaired) electrons. The van der Waals surface area contributed by atoms with Crippen molar-refractivity contribution in [1.29, 1.82) is 0 Å². The van der Waals surface area contributed by atoms with Gasteiger partial charge in [-0.3, -0.25) is 19.3 Å². The highest BCUT2D eigenvalue weighted by atomic mass is 79.9. The first-order valence-corrected chi connectivity index (χ1v) is 10.0. The summed E-state index contributed by atoms with van der Waals surface area (Å²) in [4.78, 5) is 25.3. The van der Waals surface area contributed by atoms with Crippen LogP contribution >= 0.6 is 15.9 Å². The number of rotatable bonds is 5. The summed E-state index contributed by atoms with van der Waals surface area (Å²) in [6, 6.07) is 10.2. The third-order valence-electron chi connectivity index (χ3n) is 4.83. The van der Waals surface area contributed by atoms with Crippen molar-refractivity contribution in [1.82, 2.24) is 14.5 Å². The molecule has 0 fully saturated rings. The summed E-state index contributed by atoms with van der Waals surface area (Å²) < 4.78 is 34.6. The summed E-state index contributed by atoms with van der Waals surface area (Å²) in [6.45, 7) is 0. The second-order valence-electron chi connectivity index (χ2n) is 6.66. The van der Waals surface area contributed by atoms with E-state index in [0.717, 1.165) is 10.7 Å². The lowest BCUT2D eigenvalue weighted by molar-refractivity contribution is -0.140. The van der Waals surface area contributed by atoms with E-state index in [1.54, 1.807) is 24.4 Å². The van der Waals surface area contributed by atoms with Gasteiger partial charge >= 0.3 is 5.97 Å². The number of hydrogen-bond acceptors (Lipinski definition) is 5. The summed E-state index contributed by atoms with van der Waals surface area (Å²) >= 11 is 3.46. The number of imidazole rings is 1. The number of benzene rings is 1. The van der Waals surface area contributed by atoms with Crippen molar-refractivity contribution < 1.29 is 18.3 Å². The number of alkyl halides is 2. The zero-order valence-electron chi connectivity index (χ0n) is 15.9. The van der Waals surface area contributed by atoms with Crippen molar-refractivity contribution in [3.63, 3.8) is 0 Å². The van der Waals surface area contributed by atoms with Crippen LogP contribution in [0.1, 0.15) is 48.1 Å². The molecule has 6 nitrogen and oxygen atoms in total. The van der Waals surface area contributed by atoms with Crippen molar-refractivity contribution in [2.75, 3.05) is 7.11 Å². The summed E-state index contributed by atoms with van der Waals surface area (Å²) in [6.07, 6.45) is 0.431. The fourth-order valence-corrected chi connectivity index (χ4v) is 3.83. The van der Waals surface area contributed by atoms with Gasteiger partial charge in [0.25, 0.3) is 6.43 Å². The zero-order chi connectivity index (χ0) is 21.3. The quantitative estimate of drug-likeness (QED) is 0.497. The number of carbonyl (C=O) groups excluding carboxylic acids is 1. The summed E-state index contributed by atoms with van der Waals surface area (Å²) in [7, 11) is 1.31. The number of carbonyl (C=O) groups is 1. The van der Waals surface area contributed by atoms with Gasteiger partial charge in [-0.2, -0.15) is 0 Å². The van der Waals surface area contributed by atoms with E-state index in [0.29, 0.717) is 28.5 Å². The standard InChI is InChI=1S/C21H17BrF2N4O2/c1-30-18(29)8-6-15-21-26-11-17(20(23)24)28(21)16-7-5-12(22)10-13(16)19(27-15)14-4-2-3-9-25-14/h2-5,7,9-11,15,20H,6,8H2,1H3. The molecular weight excluding hydrogens is 458 g/mol. The molecule has 2 aromatic heterocycles. The van der Waals surface area contributed by atoms with Crippen LogP contribution in [-0.4, -0.2) is 33.3 Å². The molecule has 0 N–H and O–H groups in total. The van der Waals surface area contributed by atoms with Crippen LogP contribution in [0.15, 0.2) is 58.3 Å². The van der Waals surface area contributed by atoms with Crippen LogP contribution in [0.2, 0.25) is 0 Å². The lowest BCUT2D eigenvalue weighted by atomic mass is 10.0. The van der Waals surface area contributed by atoms with Crippen LogP contribution in [0.25, 0.3) is 5.69 Å². The summed E-state index contributed by atoms with van der Waals surface area (Å²) in [5, 5.41) is 0. The van der Waals surface area contributed by atoms with Gasteiger partial charge in [0, 0.05) is 22.7 Å². The number of aromatic nitrogens is 3. The van der Waals surface area contributed by atoms with Crippen LogP contribution in [0.4, 0.5) is 8.78 Å². The van der Waals surface area contributed by atoms with E-state index in [4.69, 9.17) is 9.73 Å². The number of hydrogen-bond donors (Lipinski definition) is 0. The molecular formula is C21H17BrF2N4O2. The predicted molar refractivity (Wildman–Crippen MR) is 110 cm³/mol. The first-order valence-electron chi connectivity index (χ1n) is 9.21. The monoisotopic (exact) mass is 474 g/mol. The normalized spacial score (nSPS) is 15.2. The summed E-state index contributed by atoms with van der Waals surface area (Å²) in [5.41, 5.74) is 2.10. The van der Waals surface area contributed by atoms with Crippen LogP contribution < -0.4 is 0 Å². The molecule has 0 aliphatic carbocycles. The van der Waals surface area contributed by atoms with E-state index in [1.165, 1.54) is 11.7 Å². The maximum Gasteiger partial charge on any atom is 0.305 e. The van der Waals surface area contributed by atoms with Gasteiger partial charge in [0.15, 0.2) is 0 Å². The molecule has 154 valence electrons. The van der Waals surface area contributed by atoms with E-state index in [-0.39, 0.29) is 18.5 Å². The Morgan fingerprint density at radius 1 is 1.27 bits per heavy atom. The average Bonchev–Trinajstić information content (AvgIpc) is 3.14. The molecule has 0 spiro atoms. The third-order valence-corrected chi connectivity index (χ3v) is 5.33. The van der Waals surface area contributed by atoms with Crippen molar-refractivity contribution in [3.8, 4) is 5.69 Å². The smallest absolute Gasteiger partial charge is 0.305 e. The molecule has 3 aromatic rings. The maximum absolute atomic E-state index is 13.8. The molecule has 1 aliphatic heterocycles. The first kappa shape index (κ1) is 20.3. The van der Waals surface area contributed by atoms with E-state index in [2.05, 4.69) is 25.9 Å². The number of pyridine rings is 1. The lowest BCUT2D eigenvalue weighted by Crippen LogP contribution is -2.10. The molecule has 4 rings (SSSR count). The van der Waals surface area contributed by atoms with Crippen LogP contribution in [0.5, 0.6) is 0 Å². The highest BCUT2D eigenvalue weighted by Gasteiger charge is 2.31. The Morgan fingerprint density at radius 2 is 2.10 bits per heavy atom. The lowest BCUT2D eigenvalue weighted by Gasteiger charge is -2.15. The molecule has 0 saturated carbocycles. The SMILES string of the molecule is COC(=O)CCC1N=C(c2ccccn2)c2cc(Br)ccc2-n2c(C(F)F)cnc21. The van der Waals surface area contributed by atoms with Gasteiger partial charge < -0.3 is 4.74 Å². The van der Waals surface area contributed by atoms with Crippen LogP contribution in [0.3, 0.4) is 0 Å². The van der Waals surface area contributed by atoms with Crippen LogP contribution in [0, 0.1) is 0 Å². The number of fused-ring (bicyclic) bond motifs is 3. The number of esters is 1. The topological polar surface area (TPSA) is 69.4 Å². The van der Waals surface area contributed by atoms with Gasteiger partial charge in [-0.15, -0.1) is 0 Å². The predicted octanol–water partition coefficient (Wildman–Crippen LogP) is 4.81. The van der Waals surface area contributed by atoms with Gasteiger partial charge in [0.1, 0.15) is 17.6 Å². The molecule has 1 aromatic carbocycles. The van der Waals surface area contributed by atoms with Crippen molar-refractivity contribution in [2.45, 2.75) is 25.3 Å². The molecule has 0 amide bonds. The number of nitrogens with zero attached hydrogens (tertiary/aromatic N) is 4. The number of aliphatic imine (C=N–C) groups is 1. The molecule has 3 heterocycles. The number of ether oxygens (including phenoxy) is 1. The number of halogens is 3. The Morgan fingerprint density at radius 3 is 2.80 bits per heavy atom. The molecule has 0 bridgehead atoms. The summed E-state index contributed by atoms with van der Waals surface area (Å²) in [5.74, 6) is -0.0509. The Bertz CT molecular complexity index is 1120. The van der Waals surface area contributed by atoms with Crippen LogP contribution in [-0.2, 0) is 9.53 Å². The van der Waals surface area contributed by atoms with Gasteiger partial charge in [-0.05, 0) is 36.8 Å². The van der Waals surface area contributed by atoms with E-state index < -0.39 is 18.4 Å².